The highest BCUT2D eigenvalue weighted by Gasteiger charge is 2.14. The van der Waals surface area contributed by atoms with Crippen LogP contribution in [0.3, 0.4) is 0 Å². The number of benzene rings is 1. The van der Waals surface area contributed by atoms with Gasteiger partial charge in [-0.25, -0.2) is 4.39 Å². The zero-order valence-electron chi connectivity index (χ0n) is 11.1. The topological polar surface area (TPSA) is 26.0 Å². The average molecular weight is 255 g/mol. The molecule has 0 bridgehead atoms. The fourth-order valence-corrected chi connectivity index (χ4v) is 2.39. The molecule has 1 nitrogen and oxygen atoms in total. The Hall–Kier alpha value is -0.540. The van der Waals surface area contributed by atoms with E-state index in [1.54, 1.807) is 6.07 Å². The van der Waals surface area contributed by atoms with Crippen molar-refractivity contribution < 1.29 is 4.39 Å². The summed E-state index contributed by atoms with van der Waals surface area (Å²) in [6.45, 7) is 8.53. The van der Waals surface area contributed by atoms with E-state index >= 15 is 0 Å². The molecule has 0 spiro atoms. The summed E-state index contributed by atoms with van der Waals surface area (Å²) in [5.41, 5.74) is 8.22. The molecule has 0 radical (unpaired) electrons. The third-order valence-corrected chi connectivity index (χ3v) is 3.98. The Balaban J connectivity index is 2.56. The van der Waals surface area contributed by atoms with Crippen LogP contribution in [0, 0.1) is 12.7 Å². The predicted octanol–water partition coefficient (Wildman–Crippen LogP) is 3.54. The molecule has 1 atom stereocenters. The van der Waals surface area contributed by atoms with Crippen molar-refractivity contribution in [3.8, 4) is 0 Å². The lowest BCUT2D eigenvalue weighted by molar-refractivity contribution is 0.622. The molecule has 1 rings (SSSR count). The number of thioether (sulfide) groups is 1. The second-order valence-electron chi connectivity index (χ2n) is 5.46. The second kappa shape index (κ2) is 5.87. The quantitative estimate of drug-likeness (QED) is 0.890. The molecule has 0 fully saturated rings. The minimum atomic E-state index is -0.179. The lowest BCUT2D eigenvalue weighted by Gasteiger charge is -2.21. The van der Waals surface area contributed by atoms with Crippen molar-refractivity contribution in [3.05, 3.63) is 35.1 Å². The Morgan fingerprint density at radius 1 is 1.35 bits per heavy atom. The summed E-state index contributed by atoms with van der Waals surface area (Å²) in [6.07, 6.45) is 0.743. The highest BCUT2D eigenvalue weighted by atomic mass is 32.2. The third-order valence-electron chi connectivity index (χ3n) is 2.52. The van der Waals surface area contributed by atoms with Gasteiger partial charge in [0.1, 0.15) is 5.82 Å². The van der Waals surface area contributed by atoms with Crippen LogP contribution in [-0.2, 0) is 6.42 Å². The smallest absolute Gasteiger partial charge is 0.123 e. The van der Waals surface area contributed by atoms with Crippen LogP contribution in [-0.4, -0.2) is 16.5 Å². The monoisotopic (exact) mass is 255 g/mol. The van der Waals surface area contributed by atoms with E-state index in [1.807, 2.05) is 24.8 Å². The van der Waals surface area contributed by atoms with Gasteiger partial charge in [-0.15, -0.1) is 0 Å². The summed E-state index contributed by atoms with van der Waals surface area (Å²) in [7, 11) is 0. The van der Waals surface area contributed by atoms with Gasteiger partial charge < -0.3 is 5.73 Å². The lowest BCUT2D eigenvalue weighted by Crippen LogP contribution is -2.28. The molecule has 0 saturated carbocycles. The van der Waals surface area contributed by atoms with Crippen molar-refractivity contribution in [1.29, 1.82) is 0 Å². The van der Waals surface area contributed by atoms with E-state index in [1.165, 1.54) is 6.07 Å². The van der Waals surface area contributed by atoms with E-state index in [9.17, 15) is 4.39 Å². The summed E-state index contributed by atoms with van der Waals surface area (Å²) >= 11 is 1.85. The van der Waals surface area contributed by atoms with E-state index in [-0.39, 0.29) is 16.6 Å². The van der Waals surface area contributed by atoms with E-state index in [2.05, 4.69) is 20.8 Å². The highest BCUT2D eigenvalue weighted by molar-refractivity contribution is 8.00. The minimum Gasteiger partial charge on any atom is -0.327 e. The standard InChI is InChI=1S/C14H22FNS/c1-10-5-6-12(15)7-11(10)8-13(16)9-17-14(2,3)4/h5-7,13H,8-9,16H2,1-4H3. The van der Waals surface area contributed by atoms with Crippen molar-refractivity contribution in [2.45, 2.75) is 44.9 Å². The molecule has 96 valence electrons. The minimum absolute atomic E-state index is 0.0831. The zero-order valence-corrected chi connectivity index (χ0v) is 11.9. The fraction of sp³-hybridized carbons (Fsp3) is 0.571. The molecule has 0 heterocycles. The van der Waals surface area contributed by atoms with Crippen LogP contribution in [0.1, 0.15) is 31.9 Å². The number of hydrogen-bond acceptors (Lipinski definition) is 2. The van der Waals surface area contributed by atoms with Gasteiger partial charge in [-0.2, -0.15) is 11.8 Å². The number of aryl methyl sites for hydroxylation is 1. The van der Waals surface area contributed by atoms with Crippen molar-refractivity contribution in [3.63, 3.8) is 0 Å². The average Bonchev–Trinajstić information content (AvgIpc) is 2.20. The third kappa shape index (κ3) is 5.55. The van der Waals surface area contributed by atoms with Crippen LogP contribution in [0.15, 0.2) is 18.2 Å². The first-order chi connectivity index (χ1) is 7.78. The summed E-state index contributed by atoms with van der Waals surface area (Å²) < 4.78 is 13.4. The number of halogens is 1. The number of hydrogen-bond donors (Lipinski definition) is 1. The predicted molar refractivity (Wildman–Crippen MR) is 75.0 cm³/mol. The molecule has 0 saturated heterocycles. The summed E-state index contributed by atoms with van der Waals surface area (Å²) in [6, 6.07) is 4.99. The first-order valence-corrected chi connectivity index (χ1v) is 6.91. The summed E-state index contributed by atoms with van der Waals surface area (Å²) in [5.74, 6) is 0.723. The Labute approximate surface area is 108 Å². The largest absolute Gasteiger partial charge is 0.327 e. The van der Waals surface area contributed by atoms with E-state index < -0.39 is 0 Å². The van der Waals surface area contributed by atoms with Gasteiger partial charge >= 0.3 is 0 Å². The summed E-state index contributed by atoms with van der Waals surface area (Å²) in [5, 5.41) is 0. The SMILES string of the molecule is Cc1ccc(F)cc1CC(N)CSC(C)(C)C. The molecule has 0 amide bonds. The molecular formula is C14H22FNS. The van der Waals surface area contributed by atoms with Crippen molar-refractivity contribution in [2.75, 3.05) is 5.75 Å². The molecule has 3 heteroatoms. The van der Waals surface area contributed by atoms with Crippen LogP contribution in [0.5, 0.6) is 0 Å². The molecule has 0 aliphatic heterocycles. The molecule has 0 aliphatic rings. The molecule has 1 unspecified atom stereocenters. The maximum absolute atomic E-state index is 13.1. The van der Waals surface area contributed by atoms with Gasteiger partial charge in [0.15, 0.2) is 0 Å². The van der Waals surface area contributed by atoms with E-state index in [0.29, 0.717) is 0 Å². The molecule has 0 aromatic heterocycles. The van der Waals surface area contributed by atoms with Gasteiger partial charge in [-0.1, -0.05) is 26.8 Å². The zero-order chi connectivity index (χ0) is 13.1. The van der Waals surface area contributed by atoms with Gasteiger partial charge in [-0.05, 0) is 36.6 Å². The molecular weight excluding hydrogens is 233 g/mol. The highest BCUT2D eigenvalue weighted by Crippen LogP contribution is 2.24. The number of nitrogens with two attached hydrogens (primary N) is 1. The van der Waals surface area contributed by atoms with Crippen LogP contribution in [0.2, 0.25) is 0 Å². The Morgan fingerprint density at radius 3 is 2.59 bits per heavy atom. The number of rotatable bonds is 4. The molecule has 0 aliphatic carbocycles. The maximum Gasteiger partial charge on any atom is 0.123 e. The summed E-state index contributed by atoms with van der Waals surface area (Å²) in [4.78, 5) is 0. The first kappa shape index (κ1) is 14.5. The molecule has 2 N–H and O–H groups in total. The normalized spacial score (nSPS) is 13.8. The van der Waals surface area contributed by atoms with Gasteiger partial charge in [0.25, 0.3) is 0 Å². The van der Waals surface area contributed by atoms with Crippen molar-refractivity contribution >= 4 is 11.8 Å². The van der Waals surface area contributed by atoms with Crippen LogP contribution < -0.4 is 5.73 Å². The lowest BCUT2D eigenvalue weighted by atomic mass is 10.0. The van der Waals surface area contributed by atoms with Crippen molar-refractivity contribution in [1.82, 2.24) is 0 Å². The molecule has 17 heavy (non-hydrogen) atoms. The molecule has 1 aromatic carbocycles. The molecule has 1 aromatic rings. The fourth-order valence-electron chi connectivity index (χ4n) is 1.56. The van der Waals surface area contributed by atoms with E-state index in [0.717, 1.165) is 23.3 Å². The maximum atomic E-state index is 13.1. The Kier molecular flexibility index (Phi) is 5.02. The van der Waals surface area contributed by atoms with Gasteiger partial charge in [0.2, 0.25) is 0 Å². The van der Waals surface area contributed by atoms with Gasteiger partial charge in [0.05, 0.1) is 0 Å². The van der Waals surface area contributed by atoms with Crippen LogP contribution >= 0.6 is 11.8 Å². The van der Waals surface area contributed by atoms with Crippen LogP contribution in [0.25, 0.3) is 0 Å². The van der Waals surface area contributed by atoms with Gasteiger partial charge in [0, 0.05) is 16.5 Å². The first-order valence-electron chi connectivity index (χ1n) is 5.92. The Morgan fingerprint density at radius 2 is 2.00 bits per heavy atom. The van der Waals surface area contributed by atoms with Crippen molar-refractivity contribution in [2.24, 2.45) is 5.73 Å². The second-order valence-corrected chi connectivity index (χ2v) is 7.31. The van der Waals surface area contributed by atoms with Gasteiger partial charge in [-0.3, -0.25) is 0 Å². The van der Waals surface area contributed by atoms with E-state index in [4.69, 9.17) is 5.73 Å². The Bertz CT molecular complexity index is 371. The van der Waals surface area contributed by atoms with Crippen LogP contribution in [0.4, 0.5) is 4.39 Å².